The third-order valence-electron chi connectivity index (χ3n) is 4.80. The topological polar surface area (TPSA) is 122 Å². The number of carbonyl (C=O) groups is 1. The van der Waals surface area contributed by atoms with Crippen LogP contribution in [0.1, 0.15) is 5.56 Å². The van der Waals surface area contributed by atoms with Gasteiger partial charge in [0.1, 0.15) is 5.75 Å². The maximum absolute atomic E-state index is 12.3. The number of benzene rings is 3. The van der Waals surface area contributed by atoms with E-state index in [1.165, 1.54) is 30.1 Å². The molecule has 0 aliphatic rings. The van der Waals surface area contributed by atoms with Gasteiger partial charge in [-0.3, -0.25) is 9.36 Å². The van der Waals surface area contributed by atoms with Crippen LogP contribution in [0.5, 0.6) is 17.2 Å². The van der Waals surface area contributed by atoms with E-state index in [9.17, 15) is 15.0 Å². The van der Waals surface area contributed by atoms with E-state index in [0.717, 1.165) is 17.0 Å². The van der Waals surface area contributed by atoms with Crippen LogP contribution < -0.4 is 10.2 Å². The molecule has 0 atom stereocenters. The van der Waals surface area contributed by atoms with Crippen molar-refractivity contribution >= 4 is 35.5 Å². The molecule has 0 saturated carbocycles. The standard InChI is InChI=1S/C24H20ClN5O4S/c1-34-19-9-3-16(4-10-19)23-28-29-24(30(23)18-7-5-17(25)6-8-18)35-14-22(33)27-26-13-15-2-11-20(31)21(32)12-15/h2-13,31-32H,14H2,1H3,(H,27,33). The van der Waals surface area contributed by atoms with Gasteiger partial charge in [-0.2, -0.15) is 5.10 Å². The Bertz CT molecular complexity index is 1360. The smallest absolute Gasteiger partial charge is 0.250 e. The molecule has 35 heavy (non-hydrogen) atoms. The fourth-order valence-electron chi connectivity index (χ4n) is 3.08. The van der Waals surface area contributed by atoms with Gasteiger partial charge in [0.15, 0.2) is 22.5 Å². The van der Waals surface area contributed by atoms with Crippen LogP contribution in [0, 0.1) is 0 Å². The molecule has 0 saturated heterocycles. The van der Waals surface area contributed by atoms with Crippen LogP contribution in [0.4, 0.5) is 0 Å². The average Bonchev–Trinajstić information content (AvgIpc) is 3.29. The molecule has 0 radical (unpaired) electrons. The number of rotatable bonds is 8. The van der Waals surface area contributed by atoms with E-state index in [0.29, 0.717) is 21.6 Å². The molecule has 11 heteroatoms. The zero-order chi connectivity index (χ0) is 24.8. The van der Waals surface area contributed by atoms with Crippen LogP contribution in [0.15, 0.2) is 77.0 Å². The number of phenols is 2. The third-order valence-corrected chi connectivity index (χ3v) is 5.98. The van der Waals surface area contributed by atoms with Crippen molar-refractivity contribution in [1.29, 1.82) is 0 Å². The van der Waals surface area contributed by atoms with Gasteiger partial charge in [-0.25, -0.2) is 5.43 Å². The Morgan fingerprint density at radius 1 is 1.09 bits per heavy atom. The van der Waals surface area contributed by atoms with E-state index in [2.05, 4.69) is 20.7 Å². The van der Waals surface area contributed by atoms with Crippen molar-refractivity contribution in [3.05, 3.63) is 77.3 Å². The Balaban J connectivity index is 1.51. The molecule has 3 N–H and O–H groups in total. The molecule has 0 fully saturated rings. The van der Waals surface area contributed by atoms with Crippen molar-refractivity contribution in [2.75, 3.05) is 12.9 Å². The van der Waals surface area contributed by atoms with E-state index in [1.807, 2.05) is 41.0 Å². The van der Waals surface area contributed by atoms with Crippen molar-refractivity contribution in [1.82, 2.24) is 20.2 Å². The Morgan fingerprint density at radius 3 is 2.51 bits per heavy atom. The Labute approximate surface area is 210 Å². The maximum atomic E-state index is 12.3. The molecule has 0 aliphatic heterocycles. The highest BCUT2D eigenvalue weighted by atomic mass is 35.5. The minimum absolute atomic E-state index is 0.0342. The molecule has 4 aromatic rings. The monoisotopic (exact) mass is 509 g/mol. The van der Waals surface area contributed by atoms with Crippen LogP contribution in [-0.4, -0.2) is 50.0 Å². The van der Waals surface area contributed by atoms with Crippen molar-refractivity contribution in [3.8, 4) is 34.3 Å². The second kappa shape index (κ2) is 10.9. The number of nitrogens with one attached hydrogen (secondary N) is 1. The van der Waals surface area contributed by atoms with E-state index in [-0.39, 0.29) is 23.2 Å². The summed E-state index contributed by atoms with van der Waals surface area (Å²) >= 11 is 7.26. The Hall–Kier alpha value is -4.02. The van der Waals surface area contributed by atoms with Gasteiger partial charge < -0.3 is 14.9 Å². The largest absolute Gasteiger partial charge is 0.504 e. The van der Waals surface area contributed by atoms with Crippen LogP contribution in [0.2, 0.25) is 5.02 Å². The molecule has 1 heterocycles. The fraction of sp³-hybridized carbons (Fsp3) is 0.0833. The highest BCUT2D eigenvalue weighted by Gasteiger charge is 2.17. The summed E-state index contributed by atoms with van der Waals surface area (Å²) in [7, 11) is 1.60. The van der Waals surface area contributed by atoms with Crippen molar-refractivity contribution < 1.29 is 19.7 Å². The minimum atomic E-state index is -0.356. The summed E-state index contributed by atoms with van der Waals surface area (Å²) in [4.78, 5) is 12.3. The summed E-state index contributed by atoms with van der Waals surface area (Å²) < 4.78 is 7.08. The molecule has 3 aromatic carbocycles. The lowest BCUT2D eigenvalue weighted by Crippen LogP contribution is -2.20. The minimum Gasteiger partial charge on any atom is -0.504 e. The number of amides is 1. The second-order valence-corrected chi connectivity index (χ2v) is 8.56. The van der Waals surface area contributed by atoms with Gasteiger partial charge in [0.05, 0.1) is 19.1 Å². The lowest BCUT2D eigenvalue weighted by atomic mass is 10.2. The van der Waals surface area contributed by atoms with E-state index in [1.54, 1.807) is 25.3 Å². The van der Waals surface area contributed by atoms with Crippen LogP contribution >= 0.6 is 23.4 Å². The predicted molar refractivity (Wildman–Crippen MR) is 135 cm³/mol. The summed E-state index contributed by atoms with van der Waals surface area (Å²) in [5.74, 6) is 0.494. The van der Waals surface area contributed by atoms with Gasteiger partial charge in [-0.15, -0.1) is 10.2 Å². The number of ether oxygens (including phenoxy) is 1. The Kier molecular flexibility index (Phi) is 7.54. The van der Waals surface area contributed by atoms with Gasteiger partial charge in [0.2, 0.25) is 0 Å². The summed E-state index contributed by atoms with van der Waals surface area (Å²) in [6.07, 6.45) is 1.36. The molecule has 9 nitrogen and oxygen atoms in total. The van der Waals surface area contributed by atoms with E-state index < -0.39 is 0 Å². The van der Waals surface area contributed by atoms with Gasteiger partial charge in [0, 0.05) is 16.3 Å². The summed E-state index contributed by atoms with van der Waals surface area (Å²) in [6, 6.07) is 18.9. The van der Waals surface area contributed by atoms with E-state index in [4.69, 9.17) is 16.3 Å². The number of hydrazone groups is 1. The molecule has 178 valence electrons. The zero-order valence-electron chi connectivity index (χ0n) is 18.4. The maximum Gasteiger partial charge on any atom is 0.250 e. The first kappa shape index (κ1) is 24.1. The lowest BCUT2D eigenvalue weighted by molar-refractivity contribution is -0.118. The number of thioether (sulfide) groups is 1. The van der Waals surface area contributed by atoms with Gasteiger partial charge in [0.25, 0.3) is 5.91 Å². The molecular formula is C24H20ClN5O4S. The number of methoxy groups -OCH3 is 1. The number of hydrogen-bond donors (Lipinski definition) is 3. The first-order valence-electron chi connectivity index (χ1n) is 10.3. The van der Waals surface area contributed by atoms with Gasteiger partial charge in [-0.1, -0.05) is 23.4 Å². The van der Waals surface area contributed by atoms with Crippen LogP contribution in [0.25, 0.3) is 17.1 Å². The predicted octanol–water partition coefficient (Wildman–Crippen LogP) is 4.25. The number of carbonyl (C=O) groups excluding carboxylic acids is 1. The first-order valence-corrected chi connectivity index (χ1v) is 11.6. The number of halogens is 1. The highest BCUT2D eigenvalue weighted by Crippen LogP contribution is 2.29. The van der Waals surface area contributed by atoms with Gasteiger partial charge in [-0.05, 0) is 72.3 Å². The molecule has 1 amide bonds. The highest BCUT2D eigenvalue weighted by molar-refractivity contribution is 7.99. The molecule has 4 rings (SSSR count). The normalized spacial score (nSPS) is 11.0. The summed E-state index contributed by atoms with van der Waals surface area (Å²) in [6.45, 7) is 0. The van der Waals surface area contributed by atoms with Crippen LogP contribution in [-0.2, 0) is 4.79 Å². The van der Waals surface area contributed by atoms with Crippen molar-refractivity contribution in [3.63, 3.8) is 0 Å². The number of hydrogen-bond acceptors (Lipinski definition) is 8. The molecule has 0 aliphatic carbocycles. The summed E-state index contributed by atoms with van der Waals surface area (Å²) in [5.41, 5.74) is 4.56. The molecular weight excluding hydrogens is 490 g/mol. The molecule has 0 spiro atoms. The zero-order valence-corrected chi connectivity index (χ0v) is 20.0. The van der Waals surface area contributed by atoms with Crippen molar-refractivity contribution in [2.45, 2.75) is 5.16 Å². The SMILES string of the molecule is COc1ccc(-c2nnc(SCC(=O)NN=Cc3ccc(O)c(O)c3)n2-c2ccc(Cl)cc2)cc1. The van der Waals surface area contributed by atoms with E-state index >= 15 is 0 Å². The number of aromatic hydroxyl groups is 2. The fourth-order valence-corrected chi connectivity index (χ4v) is 3.95. The number of phenolic OH excluding ortho intramolecular Hbond substituents is 2. The molecule has 1 aromatic heterocycles. The number of nitrogens with zero attached hydrogens (tertiary/aromatic N) is 4. The van der Waals surface area contributed by atoms with Gasteiger partial charge >= 0.3 is 0 Å². The average molecular weight is 510 g/mol. The molecule has 0 unspecified atom stereocenters. The van der Waals surface area contributed by atoms with Crippen LogP contribution in [0.3, 0.4) is 0 Å². The number of aromatic nitrogens is 3. The Morgan fingerprint density at radius 2 is 1.83 bits per heavy atom. The van der Waals surface area contributed by atoms with Crippen molar-refractivity contribution in [2.24, 2.45) is 5.10 Å². The second-order valence-electron chi connectivity index (χ2n) is 7.18. The summed E-state index contributed by atoms with van der Waals surface area (Å²) in [5, 5.41) is 32.5. The lowest BCUT2D eigenvalue weighted by Gasteiger charge is -2.11. The first-order chi connectivity index (χ1) is 16.9. The quantitative estimate of drug-likeness (QED) is 0.140. The molecule has 0 bridgehead atoms. The third kappa shape index (κ3) is 5.92.